The predicted molar refractivity (Wildman–Crippen MR) is 151 cm³/mol. The number of alkyl carbamates (subject to hydrolysis) is 1. The zero-order chi connectivity index (χ0) is 29.0. The quantitative estimate of drug-likeness (QED) is 0.167. The minimum Gasteiger partial charge on any atom is -0.494 e. The molecular weight excluding hydrogens is 502 g/mol. The van der Waals surface area contributed by atoms with Crippen LogP contribution in [0, 0.1) is 0 Å². The molecule has 0 aromatic heterocycles. The van der Waals surface area contributed by atoms with Gasteiger partial charge in [-0.3, -0.25) is 4.79 Å². The number of hydrogen-bond donors (Lipinski definition) is 1. The van der Waals surface area contributed by atoms with Crippen LogP contribution in [0.4, 0.5) is 4.79 Å². The van der Waals surface area contributed by atoms with Gasteiger partial charge in [0.1, 0.15) is 17.0 Å². The average Bonchev–Trinajstić information content (AvgIpc) is 2.82. The van der Waals surface area contributed by atoms with Crippen molar-refractivity contribution >= 4 is 12.1 Å². The first kappa shape index (κ1) is 34.7. The maximum absolute atomic E-state index is 11.7. The van der Waals surface area contributed by atoms with Crippen molar-refractivity contribution in [3.8, 4) is 5.75 Å². The van der Waals surface area contributed by atoms with Crippen LogP contribution in [0.25, 0.3) is 0 Å². The van der Waals surface area contributed by atoms with Crippen molar-refractivity contribution in [2.45, 2.75) is 91.3 Å². The summed E-state index contributed by atoms with van der Waals surface area (Å²) in [5, 5.41) is 2.78. The lowest BCUT2D eigenvalue weighted by Gasteiger charge is -2.19. The Labute approximate surface area is 235 Å². The highest BCUT2D eigenvalue weighted by molar-refractivity contribution is 5.69. The molecule has 1 N–H and O–H groups in total. The Morgan fingerprint density at radius 2 is 1.31 bits per heavy atom. The molecule has 1 rings (SSSR count). The van der Waals surface area contributed by atoms with E-state index in [0.717, 1.165) is 43.6 Å². The second kappa shape index (κ2) is 19.7. The minimum atomic E-state index is -0.496. The molecule has 39 heavy (non-hydrogen) atoms. The zero-order valence-electron chi connectivity index (χ0n) is 25.0. The van der Waals surface area contributed by atoms with E-state index in [1.807, 2.05) is 65.8 Å². The van der Waals surface area contributed by atoms with Gasteiger partial charge in [0.2, 0.25) is 0 Å². The van der Waals surface area contributed by atoms with Gasteiger partial charge < -0.3 is 33.7 Å². The molecule has 0 saturated heterocycles. The van der Waals surface area contributed by atoms with Crippen molar-refractivity contribution in [3.05, 3.63) is 29.8 Å². The normalized spacial score (nSPS) is 11.7. The van der Waals surface area contributed by atoms with E-state index in [0.29, 0.717) is 52.6 Å². The first-order valence-electron chi connectivity index (χ1n) is 14.1. The van der Waals surface area contributed by atoms with Crippen LogP contribution in [0.15, 0.2) is 24.3 Å². The largest absolute Gasteiger partial charge is 0.494 e. The second-order valence-electron chi connectivity index (χ2n) is 11.3. The Morgan fingerprint density at radius 3 is 1.95 bits per heavy atom. The average molecular weight is 554 g/mol. The number of hydrogen-bond acceptors (Lipinski definition) is 8. The Bertz CT molecular complexity index is 801. The Morgan fingerprint density at radius 1 is 0.718 bits per heavy atom. The number of nitrogens with one attached hydrogen (secondary N) is 1. The van der Waals surface area contributed by atoms with Crippen molar-refractivity contribution in [3.63, 3.8) is 0 Å². The summed E-state index contributed by atoms with van der Waals surface area (Å²) in [5.41, 5.74) is 0.147. The summed E-state index contributed by atoms with van der Waals surface area (Å²) < 4.78 is 32.8. The molecule has 0 radical (unpaired) electrons. The van der Waals surface area contributed by atoms with Crippen LogP contribution >= 0.6 is 0 Å². The Kier molecular flexibility index (Phi) is 17.5. The van der Waals surface area contributed by atoms with Gasteiger partial charge in [-0.05, 0) is 84.9 Å². The molecule has 0 fully saturated rings. The third kappa shape index (κ3) is 22.2. The molecule has 1 aromatic carbocycles. The number of amides is 1. The molecule has 0 spiro atoms. The van der Waals surface area contributed by atoms with E-state index in [-0.39, 0.29) is 12.4 Å². The lowest BCUT2D eigenvalue weighted by Crippen LogP contribution is -2.33. The second-order valence-corrected chi connectivity index (χ2v) is 11.3. The van der Waals surface area contributed by atoms with Gasteiger partial charge in [-0.25, -0.2) is 4.79 Å². The van der Waals surface area contributed by atoms with E-state index >= 15 is 0 Å². The molecule has 1 amide bonds. The standard InChI is InChI=1S/C30H51NO8/c1-29(2,3)38-27(32)15-19-35-21-23-36-22-20-34-17-9-7-8-10-18-37-26-13-11-12-25(24-26)14-16-31-28(33)39-30(4,5)6/h11-13,24H,7-10,14-23H2,1-6H3,(H,31,33). The van der Waals surface area contributed by atoms with Crippen molar-refractivity contribution in [1.29, 1.82) is 0 Å². The van der Waals surface area contributed by atoms with Crippen LogP contribution in [0.3, 0.4) is 0 Å². The summed E-state index contributed by atoms with van der Waals surface area (Å²) >= 11 is 0. The third-order valence-electron chi connectivity index (χ3n) is 5.05. The van der Waals surface area contributed by atoms with Crippen LogP contribution in [-0.2, 0) is 34.9 Å². The third-order valence-corrected chi connectivity index (χ3v) is 5.05. The van der Waals surface area contributed by atoms with Crippen molar-refractivity contribution < 1.29 is 38.0 Å². The smallest absolute Gasteiger partial charge is 0.407 e. The van der Waals surface area contributed by atoms with Gasteiger partial charge in [-0.15, -0.1) is 0 Å². The van der Waals surface area contributed by atoms with Gasteiger partial charge in [0.05, 0.1) is 46.1 Å². The van der Waals surface area contributed by atoms with Crippen LogP contribution < -0.4 is 10.1 Å². The van der Waals surface area contributed by atoms with E-state index in [4.69, 9.17) is 28.4 Å². The fraction of sp³-hybridized carbons (Fsp3) is 0.733. The number of esters is 1. The molecular formula is C30H51NO8. The van der Waals surface area contributed by atoms with Crippen molar-refractivity contribution in [2.24, 2.45) is 0 Å². The summed E-state index contributed by atoms with van der Waals surface area (Å²) in [7, 11) is 0. The molecule has 9 nitrogen and oxygen atoms in total. The monoisotopic (exact) mass is 553 g/mol. The first-order chi connectivity index (χ1) is 18.4. The van der Waals surface area contributed by atoms with Crippen LogP contribution in [0.2, 0.25) is 0 Å². The van der Waals surface area contributed by atoms with E-state index in [2.05, 4.69) is 5.32 Å². The number of carbonyl (C=O) groups excluding carboxylic acids is 2. The molecule has 0 atom stereocenters. The van der Waals surface area contributed by atoms with E-state index in [1.165, 1.54) is 0 Å². The van der Waals surface area contributed by atoms with Crippen LogP contribution in [0.5, 0.6) is 5.75 Å². The van der Waals surface area contributed by atoms with Gasteiger partial charge in [0, 0.05) is 13.2 Å². The van der Waals surface area contributed by atoms with Gasteiger partial charge >= 0.3 is 12.1 Å². The van der Waals surface area contributed by atoms with E-state index in [1.54, 1.807) is 0 Å². The summed E-state index contributed by atoms with van der Waals surface area (Å²) in [5.74, 6) is 0.596. The minimum absolute atomic E-state index is 0.246. The van der Waals surface area contributed by atoms with Gasteiger partial charge in [0.25, 0.3) is 0 Å². The summed E-state index contributed by atoms with van der Waals surface area (Å²) in [6.07, 6.45) is 4.73. The molecule has 224 valence electrons. The molecule has 0 saturated carbocycles. The molecule has 0 heterocycles. The number of carbonyl (C=O) groups is 2. The zero-order valence-corrected chi connectivity index (χ0v) is 25.0. The topological polar surface area (TPSA) is 102 Å². The highest BCUT2D eigenvalue weighted by Crippen LogP contribution is 2.15. The predicted octanol–water partition coefficient (Wildman–Crippen LogP) is 5.47. The molecule has 0 aliphatic heterocycles. The maximum atomic E-state index is 11.7. The number of rotatable bonds is 20. The lowest BCUT2D eigenvalue weighted by molar-refractivity contribution is -0.156. The number of benzene rings is 1. The SMILES string of the molecule is CC(C)(C)OC(=O)CCOCCOCCOCCCCCCOc1cccc(CCNC(=O)OC(C)(C)C)c1. The molecule has 0 unspecified atom stereocenters. The molecule has 0 aliphatic carbocycles. The highest BCUT2D eigenvalue weighted by atomic mass is 16.6. The van der Waals surface area contributed by atoms with E-state index < -0.39 is 17.3 Å². The molecule has 0 bridgehead atoms. The Hall–Kier alpha value is -2.36. The van der Waals surface area contributed by atoms with Crippen molar-refractivity contribution in [2.75, 3.05) is 52.8 Å². The molecule has 1 aromatic rings. The highest BCUT2D eigenvalue weighted by Gasteiger charge is 2.16. The Balaban J connectivity index is 1.92. The van der Waals surface area contributed by atoms with Gasteiger partial charge in [0.15, 0.2) is 0 Å². The fourth-order valence-electron chi connectivity index (χ4n) is 3.35. The van der Waals surface area contributed by atoms with Crippen LogP contribution in [-0.4, -0.2) is 76.1 Å². The number of ether oxygens (including phenoxy) is 6. The lowest BCUT2D eigenvalue weighted by atomic mass is 10.1. The van der Waals surface area contributed by atoms with E-state index in [9.17, 15) is 9.59 Å². The van der Waals surface area contributed by atoms with Gasteiger partial charge in [-0.1, -0.05) is 18.6 Å². The van der Waals surface area contributed by atoms with Crippen molar-refractivity contribution in [1.82, 2.24) is 5.32 Å². The van der Waals surface area contributed by atoms with Gasteiger partial charge in [-0.2, -0.15) is 0 Å². The fourth-order valence-corrected chi connectivity index (χ4v) is 3.35. The molecule has 0 aliphatic rings. The van der Waals surface area contributed by atoms with Crippen LogP contribution in [0.1, 0.15) is 79.2 Å². The molecule has 9 heteroatoms. The summed E-state index contributed by atoms with van der Waals surface area (Å²) in [6, 6.07) is 7.97. The number of unbranched alkanes of at least 4 members (excludes halogenated alkanes) is 3. The summed E-state index contributed by atoms with van der Waals surface area (Å²) in [6.45, 7) is 15.3. The maximum Gasteiger partial charge on any atom is 0.407 e. The first-order valence-corrected chi connectivity index (χ1v) is 14.1. The summed E-state index contributed by atoms with van der Waals surface area (Å²) in [4.78, 5) is 23.3.